The van der Waals surface area contributed by atoms with Gasteiger partial charge in [0, 0.05) is 23.5 Å². The predicted molar refractivity (Wildman–Crippen MR) is 71.5 cm³/mol. The highest BCUT2D eigenvalue weighted by Gasteiger charge is 2.12. The van der Waals surface area contributed by atoms with Crippen LogP contribution < -0.4 is 11.1 Å². The number of nitrogens with one attached hydrogen (secondary N) is 1. The van der Waals surface area contributed by atoms with E-state index in [4.69, 9.17) is 5.73 Å². The first-order valence-electron chi connectivity index (χ1n) is 5.62. The summed E-state index contributed by atoms with van der Waals surface area (Å²) in [5.74, 6) is -0.527. The summed E-state index contributed by atoms with van der Waals surface area (Å²) in [4.78, 5) is 19.3. The van der Waals surface area contributed by atoms with Crippen molar-refractivity contribution in [3.05, 3.63) is 40.6 Å². The van der Waals surface area contributed by atoms with Gasteiger partial charge in [-0.25, -0.2) is 4.98 Å². The number of aromatic nitrogens is 2. The maximum absolute atomic E-state index is 11.1. The number of rotatable bonds is 5. The zero-order chi connectivity index (χ0) is 13.0. The molecule has 3 N–H and O–H groups in total. The molecule has 0 aromatic carbocycles. The molecule has 0 aliphatic rings. The number of thiazole rings is 1. The summed E-state index contributed by atoms with van der Waals surface area (Å²) in [6.07, 6.45) is 4.25. The van der Waals surface area contributed by atoms with Crippen molar-refractivity contribution in [3.63, 3.8) is 0 Å². The number of carbonyl (C=O) groups excluding carboxylic acids is 1. The lowest BCUT2D eigenvalue weighted by Crippen LogP contribution is -2.14. The van der Waals surface area contributed by atoms with Crippen molar-refractivity contribution in [1.29, 1.82) is 0 Å². The molecule has 0 fully saturated rings. The van der Waals surface area contributed by atoms with Gasteiger partial charge < -0.3 is 11.1 Å². The van der Waals surface area contributed by atoms with Crippen molar-refractivity contribution in [1.82, 2.24) is 9.97 Å². The van der Waals surface area contributed by atoms with Crippen LogP contribution in [0.3, 0.4) is 0 Å². The molecular weight excluding hydrogens is 248 g/mol. The van der Waals surface area contributed by atoms with E-state index < -0.39 is 5.91 Å². The first-order chi connectivity index (χ1) is 8.70. The molecule has 2 aromatic heterocycles. The lowest BCUT2D eigenvalue weighted by atomic mass is 10.2. The normalized spacial score (nSPS) is 12.1. The Labute approximate surface area is 109 Å². The molecule has 0 aliphatic carbocycles. The van der Waals surface area contributed by atoms with Crippen molar-refractivity contribution >= 4 is 22.9 Å². The fraction of sp³-hybridized carbons (Fsp3) is 0.250. The molecule has 0 saturated heterocycles. The van der Waals surface area contributed by atoms with E-state index in [1.165, 1.54) is 0 Å². The van der Waals surface area contributed by atoms with Gasteiger partial charge in [-0.3, -0.25) is 9.78 Å². The number of pyridine rings is 1. The summed E-state index contributed by atoms with van der Waals surface area (Å²) < 4.78 is 0. The van der Waals surface area contributed by atoms with Gasteiger partial charge >= 0.3 is 0 Å². The van der Waals surface area contributed by atoms with Crippen LogP contribution in [0.25, 0.3) is 0 Å². The third kappa shape index (κ3) is 2.84. The molecule has 2 aromatic rings. The Morgan fingerprint density at radius 3 is 2.94 bits per heavy atom. The number of primary amides is 1. The Balaban J connectivity index is 2.17. The van der Waals surface area contributed by atoms with Crippen LogP contribution in [-0.4, -0.2) is 15.9 Å². The zero-order valence-corrected chi connectivity index (χ0v) is 10.8. The number of carbonyl (C=O) groups is 1. The fourth-order valence-electron chi connectivity index (χ4n) is 1.60. The van der Waals surface area contributed by atoms with Crippen LogP contribution >= 0.6 is 11.3 Å². The van der Waals surface area contributed by atoms with Gasteiger partial charge in [-0.1, -0.05) is 6.92 Å². The van der Waals surface area contributed by atoms with E-state index in [-0.39, 0.29) is 11.7 Å². The molecule has 2 rings (SSSR count). The quantitative estimate of drug-likeness (QED) is 0.865. The Kier molecular flexibility index (Phi) is 3.88. The standard InChI is InChI=1S/C12H14N4OS/c1-2-9(12-15-5-6-18-12)16-8-3-4-14-10(7-8)11(13)17/h3-7,9H,2H2,1H3,(H2,13,17)(H,14,16). The molecule has 1 amide bonds. The summed E-state index contributed by atoms with van der Waals surface area (Å²) in [7, 11) is 0. The van der Waals surface area contributed by atoms with Crippen LogP contribution in [0.1, 0.15) is 34.9 Å². The molecule has 1 atom stereocenters. The number of hydrogen-bond acceptors (Lipinski definition) is 5. The van der Waals surface area contributed by atoms with Crippen molar-refractivity contribution < 1.29 is 4.79 Å². The second-order valence-corrected chi connectivity index (χ2v) is 4.70. The van der Waals surface area contributed by atoms with Crippen LogP contribution in [0.5, 0.6) is 0 Å². The number of nitrogens with two attached hydrogens (primary N) is 1. The van der Waals surface area contributed by atoms with Gasteiger partial charge in [-0.2, -0.15) is 0 Å². The van der Waals surface area contributed by atoms with Gasteiger partial charge in [0.05, 0.1) is 6.04 Å². The van der Waals surface area contributed by atoms with Gasteiger partial charge in [0.25, 0.3) is 5.91 Å². The van der Waals surface area contributed by atoms with E-state index in [9.17, 15) is 4.79 Å². The number of nitrogens with zero attached hydrogens (tertiary/aromatic N) is 2. The Bertz CT molecular complexity index is 527. The lowest BCUT2D eigenvalue weighted by Gasteiger charge is -2.15. The smallest absolute Gasteiger partial charge is 0.267 e. The second kappa shape index (κ2) is 5.59. The van der Waals surface area contributed by atoms with E-state index in [1.54, 1.807) is 29.8 Å². The molecule has 0 saturated carbocycles. The van der Waals surface area contributed by atoms with E-state index in [1.807, 2.05) is 11.4 Å². The molecule has 94 valence electrons. The van der Waals surface area contributed by atoms with Crippen LogP contribution in [0.4, 0.5) is 5.69 Å². The maximum atomic E-state index is 11.1. The van der Waals surface area contributed by atoms with Gasteiger partial charge in [0.1, 0.15) is 10.7 Å². The van der Waals surface area contributed by atoms with Gasteiger partial charge in [0.2, 0.25) is 0 Å². The van der Waals surface area contributed by atoms with E-state index in [2.05, 4.69) is 22.2 Å². The second-order valence-electron chi connectivity index (χ2n) is 3.77. The molecule has 0 spiro atoms. The molecule has 18 heavy (non-hydrogen) atoms. The fourth-order valence-corrected chi connectivity index (χ4v) is 2.37. The largest absolute Gasteiger partial charge is 0.376 e. The first kappa shape index (κ1) is 12.5. The van der Waals surface area contributed by atoms with E-state index in [0.29, 0.717) is 0 Å². The number of hydrogen-bond donors (Lipinski definition) is 2. The van der Waals surface area contributed by atoms with Gasteiger partial charge in [-0.05, 0) is 18.6 Å². The molecule has 5 nitrogen and oxygen atoms in total. The van der Waals surface area contributed by atoms with Crippen LogP contribution in [0.2, 0.25) is 0 Å². The summed E-state index contributed by atoms with van der Waals surface area (Å²) in [5, 5.41) is 6.30. The minimum Gasteiger partial charge on any atom is -0.376 e. The Hall–Kier alpha value is -1.95. The molecule has 6 heteroatoms. The Morgan fingerprint density at radius 2 is 2.33 bits per heavy atom. The van der Waals surface area contributed by atoms with E-state index in [0.717, 1.165) is 17.1 Å². The van der Waals surface area contributed by atoms with Crippen molar-refractivity contribution in [2.75, 3.05) is 5.32 Å². The van der Waals surface area contributed by atoms with Crippen molar-refractivity contribution in [3.8, 4) is 0 Å². The highest BCUT2D eigenvalue weighted by atomic mass is 32.1. The minimum absolute atomic E-state index is 0.133. The molecule has 2 heterocycles. The molecular formula is C12H14N4OS. The highest BCUT2D eigenvalue weighted by Crippen LogP contribution is 2.24. The first-order valence-corrected chi connectivity index (χ1v) is 6.50. The Morgan fingerprint density at radius 1 is 1.50 bits per heavy atom. The predicted octanol–water partition coefficient (Wildman–Crippen LogP) is 2.20. The highest BCUT2D eigenvalue weighted by molar-refractivity contribution is 7.09. The lowest BCUT2D eigenvalue weighted by molar-refractivity contribution is 0.0995. The van der Waals surface area contributed by atoms with Crippen LogP contribution in [0.15, 0.2) is 29.9 Å². The summed E-state index contributed by atoms with van der Waals surface area (Å²) in [6, 6.07) is 3.59. The number of anilines is 1. The van der Waals surface area contributed by atoms with Crippen molar-refractivity contribution in [2.45, 2.75) is 19.4 Å². The monoisotopic (exact) mass is 262 g/mol. The summed E-state index contributed by atoms with van der Waals surface area (Å²) in [6.45, 7) is 2.08. The van der Waals surface area contributed by atoms with Crippen LogP contribution in [0, 0.1) is 0 Å². The topological polar surface area (TPSA) is 80.9 Å². The summed E-state index contributed by atoms with van der Waals surface area (Å²) in [5.41, 5.74) is 6.28. The SMILES string of the molecule is CCC(Nc1ccnc(C(N)=O)c1)c1nccs1. The van der Waals surface area contributed by atoms with Crippen molar-refractivity contribution in [2.24, 2.45) is 5.73 Å². The maximum Gasteiger partial charge on any atom is 0.267 e. The molecule has 0 radical (unpaired) electrons. The van der Waals surface area contributed by atoms with Gasteiger partial charge in [-0.15, -0.1) is 11.3 Å². The van der Waals surface area contributed by atoms with E-state index >= 15 is 0 Å². The van der Waals surface area contributed by atoms with Gasteiger partial charge in [0.15, 0.2) is 0 Å². The zero-order valence-electron chi connectivity index (χ0n) is 9.96. The van der Waals surface area contributed by atoms with Crippen LogP contribution in [-0.2, 0) is 0 Å². The third-order valence-electron chi connectivity index (χ3n) is 2.51. The third-order valence-corrected chi connectivity index (χ3v) is 3.40. The average Bonchev–Trinajstić information content (AvgIpc) is 2.90. The molecule has 0 aliphatic heterocycles. The average molecular weight is 262 g/mol. The molecule has 1 unspecified atom stereocenters. The molecule has 0 bridgehead atoms. The minimum atomic E-state index is -0.527. The summed E-state index contributed by atoms with van der Waals surface area (Å²) >= 11 is 1.60. The number of amides is 1.